The minimum absolute atomic E-state index is 0. The summed E-state index contributed by atoms with van der Waals surface area (Å²) in [6.07, 6.45) is 32.2. The van der Waals surface area contributed by atoms with Crippen LogP contribution in [-0.2, 0) is 19.2 Å². The van der Waals surface area contributed by atoms with E-state index >= 15 is 0 Å². The van der Waals surface area contributed by atoms with E-state index in [1.54, 1.807) is 0 Å². The third-order valence-electron chi connectivity index (χ3n) is 6.74. The summed E-state index contributed by atoms with van der Waals surface area (Å²) < 4.78 is 0. The second-order valence-electron chi connectivity index (χ2n) is 12.3. The van der Waals surface area contributed by atoms with Crippen LogP contribution in [0.25, 0.3) is 0 Å². The van der Waals surface area contributed by atoms with Gasteiger partial charge in [0.2, 0.25) is 0 Å². The predicted molar refractivity (Wildman–Crippen MR) is 225 cm³/mol. The van der Waals surface area contributed by atoms with Gasteiger partial charge in [-0.25, -0.2) is 0 Å². The Bertz CT molecular complexity index is 617. The van der Waals surface area contributed by atoms with Crippen molar-refractivity contribution in [1.29, 1.82) is 0 Å². The zero-order valence-corrected chi connectivity index (χ0v) is 41.8. The van der Waals surface area contributed by atoms with Gasteiger partial charge in [-0.15, -0.1) is 0 Å². The van der Waals surface area contributed by atoms with Crippen molar-refractivity contribution in [3.8, 4) is 0 Å². The van der Waals surface area contributed by atoms with Gasteiger partial charge in [-0.1, -0.05) is 223 Å². The average Bonchev–Trinajstić information content (AvgIpc) is 3.13. The molecule has 0 unspecified atom stereocenters. The van der Waals surface area contributed by atoms with Crippen molar-refractivity contribution in [1.82, 2.24) is 0 Å². The Balaban J connectivity index is -0.0000000670. The summed E-state index contributed by atoms with van der Waals surface area (Å²) in [7, 11) is 0. The zero-order chi connectivity index (χ0) is 41.5. The maximum atomic E-state index is 10.1. The van der Waals surface area contributed by atoms with Gasteiger partial charge in [-0.3, -0.25) is 0 Å². The van der Waals surface area contributed by atoms with Crippen molar-refractivity contribution >= 4 is 71.7 Å². The van der Waals surface area contributed by atoms with Crippen molar-refractivity contribution in [2.24, 2.45) is 0 Å². The molecule has 8 nitrogen and oxygen atoms in total. The molecule has 0 aromatic heterocycles. The van der Waals surface area contributed by atoms with E-state index in [4.69, 9.17) is 0 Å². The molecule has 0 rings (SSSR count). The monoisotopic (exact) mass is 980 g/mol. The maximum Gasteiger partial charge on any atom is 2.00 e. The number of rotatable bonds is 26. The van der Waals surface area contributed by atoms with Crippen molar-refractivity contribution < 1.29 is 39.6 Å². The number of aliphatic carboxylic acids is 4. The molecule has 0 aromatic carbocycles. The third kappa shape index (κ3) is 141. The van der Waals surface area contributed by atoms with Gasteiger partial charge in [-0.2, -0.15) is 0 Å². The molecule has 0 bridgehead atoms. The van der Waals surface area contributed by atoms with E-state index in [9.17, 15) is 39.6 Å². The number of hydrogen-bond donors (Lipinski definition) is 0. The summed E-state index contributed by atoms with van der Waals surface area (Å²) in [5.41, 5.74) is 0. The van der Waals surface area contributed by atoms with E-state index < -0.39 is 23.9 Å². The first-order valence-electron chi connectivity index (χ1n) is 20.5. The Hall–Kier alpha value is -0.783. The van der Waals surface area contributed by atoms with Crippen molar-refractivity contribution in [2.45, 2.75) is 221 Å². The maximum absolute atomic E-state index is 10.1. The van der Waals surface area contributed by atoms with E-state index in [1.807, 2.05) is 0 Å². The van der Waals surface area contributed by atoms with Gasteiger partial charge >= 0.3 is 47.8 Å². The summed E-state index contributed by atoms with van der Waals surface area (Å²) >= 11 is 0. The Morgan fingerprint density at radius 1 is 0.352 bits per heavy atom. The molecule has 0 heterocycles. The molecule has 0 spiro atoms. The molecule has 0 fully saturated rings. The van der Waals surface area contributed by atoms with Crippen LogP contribution in [0.1, 0.15) is 221 Å². The molecule has 0 saturated carbocycles. The topological polar surface area (TPSA) is 161 Å². The third-order valence-corrected chi connectivity index (χ3v) is 6.74. The SMILES string of the molecule is CCCCCCCCCCCC(=O)[O-].CCCCCCCCCCCC(=O)[O-].O=C([O-])/C=C\C(=O)[O-].[CH2]CCC.[CH2]CCC.[CH2]CCC.[CH2]CCC.[Sn+2].[Sn+2]. The molecular weight excluding hydrogens is 894 g/mol. The van der Waals surface area contributed by atoms with Crippen LogP contribution in [0.2, 0.25) is 0 Å². The van der Waals surface area contributed by atoms with Gasteiger partial charge in [0.15, 0.2) is 0 Å². The van der Waals surface area contributed by atoms with Gasteiger partial charge in [0.25, 0.3) is 0 Å². The number of carboxylic acid groups (broad SMARTS) is 4. The summed E-state index contributed by atoms with van der Waals surface area (Å²) in [5.74, 6) is -4.91. The van der Waals surface area contributed by atoms with Crippen molar-refractivity contribution in [2.75, 3.05) is 0 Å². The van der Waals surface area contributed by atoms with Crippen LogP contribution in [-0.4, -0.2) is 71.7 Å². The van der Waals surface area contributed by atoms with Gasteiger partial charge in [0.1, 0.15) is 0 Å². The second kappa shape index (κ2) is 80.6. The molecule has 0 aliphatic rings. The number of unbranched alkanes of at least 4 members (excludes halogenated alkanes) is 20. The van der Waals surface area contributed by atoms with E-state index in [1.165, 1.54) is 116 Å². The van der Waals surface area contributed by atoms with Gasteiger partial charge < -0.3 is 39.6 Å². The second-order valence-corrected chi connectivity index (χ2v) is 12.3. The minimum Gasteiger partial charge on any atom is -0.550 e. The van der Waals surface area contributed by atoms with Crippen LogP contribution in [0, 0.1) is 27.7 Å². The van der Waals surface area contributed by atoms with E-state index in [0.717, 1.165) is 51.4 Å². The summed E-state index contributed by atoms with van der Waals surface area (Å²) in [5, 5.41) is 39.0. The number of carboxylic acids is 4. The van der Waals surface area contributed by atoms with Crippen LogP contribution in [0.3, 0.4) is 0 Å². The first kappa shape index (κ1) is 74.2. The molecule has 54 heavy (non-hydrogen) atoms. The Labute approximate surface area is 370 Å². The number of carbonyl (C=O) groups is 4. The van der Waals surface area contributed by atoms with Gasteiger partial charge in [-0.05, 0) is 37.8 Å². The standard InChI is InChI=1S/2C12H24O2.C4H4O4.4C4H9.2Sn/c2*1-2-3-4-5-6-7-8-9-10-11-12(13)14;5-3(6)1-2-4(7)8;4*1-3-4-2;;/h2*2-11H2,1H3,(H,13,14);1-2H,(H,5,6)(H,7,8);4*1,3-4H2,2H3;;/q;;;;;;;2*+2/p-4/b;;2-1-;;;;;;. The van der Waals surface area contributed by atoms with E-state index in [0.29, 0.717) is 12.2 Å². The smallest absolute Gasteiger partial charge is 0.550 e. The quantitative estimate of drug-likeness (QED) is 0.0478. The molecule has 0 aromatic rings. The molecular formula is C44H84O8Sn2. The van der Waals surface area contributed by atoms with Crippen molar-refractivity contribution in [3.05, 3.63) is 39.8 Å². The number of carbonyl (C=O) groups excluding carboxylic acids is 4. The first-order valence-corrected chi connectivity index (χ1v) is 20.5. The summed E-state index contributed by atoms with van der Waals surface area (Å²) in [4.78, 5) is 39.0. The molecule has 0 N–H and O–H groups in total. The predicted octanol–water partition coefficient (Wildman–Crippen LogP) is 8.08. The van der Waals surface area contributed by atoms with Crippen LogP contribution in [0.5, 0.6) is 0 Å². The average molecular weight is 979 g/mol. The Morgan fingerprint density at radius 2 is 0.519 bits per heavy atom. The molecule has 0 aliphatic carbocycles. The van der Waals surface area contributed by atoms with Crippen LogP contribution in [0.15, 0.2) is 12.2 Å². The zero-order valence-electron chi connectivity index (χ0n) is 36.0. The Kier molecular flexibility index (Phi) is 111. The van der Waals surface area contributed by atoms with Gasteiger partial charge in [0.05, 0.1) is 11.9 Å². The van der Waals surface area contributed by atoms with Crippen LogP contribution < -0.4 is 20.4 Å². The van der Waals surface area contributed by atoms with Gasteiger partial charge in [0, 0.05) is 11.9 Å². The molecule has 0 atom stereocenters. The van der Waals surface area contributed by atoms with E-state index in [-0.39, 0.29) is 60.7 Å². The Morgan fingerprint density at radius 3 is 0.648 bits per heavy atom. The van der Waals surface area contributed by atoms with Crippen molar-refractivity contribution in [3.63, 3.8) is 0 Å². The summed E-state index contributed by atoms with van der Waals surface area (Å²) in [6, 6.07) is 0. The molecule has 8 radical (unpaired) electrons. The molecule has 316 valence electrons. The largest absolute Gasteiger partial charge is 2.00 e. The molecule has 0 saturated heterocycles. The number of hydrogen-bond acceptors (Lipinski definition) is 8. The molecule has 10 heteroatoms. The fourth-order valence-electron chi connectivity index (χ4n) is 3.30. The molecule has 0 amide bonds. The fraction of sp³-hybridized carbons (Fsp3) is 0.773. The fourth-order valence-corrected chi connectivity index (χ4v) is 3.30. The first-order chi connectivity index (χ1) is 24.8. The minimum atomic E-state index is -1.55. The van der Waals surface area contributed by atoms with E-state index in [2.05, 4.69) is 69.2 Å². The molecule has 0 aliphatic heterocycles. The summed E-state index contributed by atoms with van der Waals surface area (Å²) in [6.45, 7) is 27.3. The van der Waals surface area contributed by atoms with Crippen LogP contribution in [0.4, 0.5) is 0 Å². The normalized spacial score (nSPS) is 9.00. The van der Waals surface area contributed by atoms with Crippen LogP contribution >= 0.6 is 0 Å².